The Balaban J connectivity index is 1.73. The van der Waals surface area contributed by atoms with Gasteiger partial charge in [0.15, 0.2) is 0 Å². The number of carbonyl (C=O) groups is 1. The number of sulfonamides is 1. The summed E-state index contributed by atoms with van der Waals surface area (Å²) in [6.07, 6.45) is -0.219. The molecule has 0 spiro atoms. The lowest BCUT2D eigenvalue weighted by Gasteiger charge is -2.33. The molecule has 0 saturated carbocycles. The van der Waals surface area contributed by atoms with Gasteiger partial charge in [-0.25, -0.2) is 13.1 Å². The highest BCUT2D eigenvalue weighted by atomic mass is 79.9. The van der Waals surface area contributed by atoms with Crippen LogP contribution in [0, 0.1) is 0 Å². The fourth-order valence-electron chi connectivity index (χ4n) is 3.05. The monoisotopic (exact) mass is 482 g/mol. The van der Waals surface area contributed by atoms with Crippen molar-refractivity contribution < 1.29 is 22.7 Å². The van der Waals surface area contributed by atoms with Crippen molar-refractivity contribution in [3.05, 3.63) is 64.1 Å². The smallest absolute Gasteiger partial charge is 0.254 e. The number of hydrogen-bond acceptors (Lipinski definition) is 5. The number of morpholine rings is 1. The molecule has 1 aliphatic heterocycles. The molecule has 1 unspecified atom stereocenters. The third kappa shape index (κ3) is 5.64. The van der Waals surface area contributed by atoms with Crippen molar-refractivity contribution >= 4 is 31.9 Å². The molecule has 156 valence electrons. The number of nitrogens with one attached hydrogen (secondary N) is 1. The van der Waals surface area contributed by atoms with Gasteiger partial charge in [-0.15, -0.1) is 0 Å². The van der Waals surface area contributed by atoms with Crippen LogP contribution >= 0.6 is 15.9 Å². The molecule has 3 rings (SSSR count). The molecule has 1 heterocycles. The molecular formula is C20H23BrN2O5S. The Morgan fingerprint density at radius 1 is 1.28 bits per heavy atom. The minimum atomic E-state index is -3.71. The molecule has 0 aromatic heterocycles. The highest BCUT2D eigenvalue weighted by Gasteiger charge is 2.27. The fraction of sp³-hybridized carbons (Fsp3) is 0.350. The van der Waals surface area contributed by atoms with E-state index in [1.807, 2.05) is 24.3 Å². The third-order valence-corrected chi connectivity index (χ3v) is 6.57. The number of amides is 1. The molecule has 0 bridgehead atoms. The molecule has 9 heteroatoms. The summed E-state index contributed by atoms with van der Waals surface area (Å²) in [6, 6.07) is 13.9. The number of rotatable bonds is 7. The number of halogens is 1. The van der Waals surface area contributed by atoms with E-state index in [1.54, 1.807) is 17.0 Å². The van der Waals surface area contributed by atoms with Crippen LogP contribution in [0.5, 0.6) is 0 Å². The van der Waals surface area contributed by atoms with E-state index in [4.69, 9.17) is 9.47 Å². The van der Waals surface area contributed by atoms with Crippen LogP contribution in [0.25, 0.3) is 0 Å². The molecule has 1 aliphatic rings. The molecule has 29 heavy (non-hydrogen) atoms. The minimum Gasteiger partial charge on any atom is -0.383 e. The maximum absolute atomic E-state index is 13.0. The van der Waals surface area contributed by atoms with E-state index in [-0.39, 0.29) is 30.1 Å². The first-order valence-corrected chi connectivity index (χ1v) is 11.4. The van der Waals surface area contributed by atoms with Gasteiger partial charge >= 0.3 is 0 Å². The second-order valence-corrected chi connectivity index (χ2v) is 9.26. The van der Waals surface area contributed by atoms with Crippen LogP contribution in [0.1, 0.15) is 22.0 Å². The van der Waals surface area contributed by atoms with Gasteiger partial charge in [-0.1, -0.05) is 34.1 Å². The van der Waals surface area contributed by atoms with Gasteiger partial charge in [-0.3, -0.25) is 4.79 Å². The van der Waals surface area contributed by atoms with Gasteiger partial charge in [0.1, 0.15) is 6.10 Å². The van der Waals surface area contributed by atoms with Gasteiger partial charge in [-0.05, 0) is 35.9 Å². The Morgan fingerprint density at radius 2 is 2.03 bits per heavy atom. The normalized spacial score (nSPS) is 17.3. The number of nitrogens with zero attached hydrogens (tertiary/aromatic N) is 1. The van der Waals surface area contributed by atoms with Gasteiger partial charge in [0.2, 0.25) is 10.0 Å². The standard InChI is InChI=1S/C20H23BrN2O5S/c1-27-11-9-22-29(25,26)18-4-2-3-16(13-18)20(24)23-10-12-28-19(14-23)15-5-7-17(21)8-6-15/h2-8,13,19,22H,9-12,14H2,1H3. The zero-order chi connectivity index (χ0) is 20.9. The first-order chi connectivity index (χ1) is 13.9. The van der Waals surface area contributed by atoms with Crippen molar-refractivity contribution in [3.8, 4) is 0 Å². The van der Waals surface area contributed by atoms with Crippen LogP contribution < -0.4 is 4.72 Å². The molecule has 7 nitrogen and oxygen atoms in total. The first kappa shape index (κ1) is 21.9. The predicted molar refractivity (Wildman–Crippen MR) is 112 cm³/mol. The van der Waals surface area contributed by atoms with Crippen molar-refractivity contribution in [1.29, 1.82) is 0 Å². The number of methoxy groups -OCH3 is 1. The van der Waals surface area contributed by atoms with Crippen LogP contribution in [0.15, 0.2) is 57.9 Å². The van der Waals surface area contributed by atoms with E-state index in [2.05, 4.69) is 20.7 Å². The molecule has 1 saturated heterocycles. The van der Waals surface area contributed by atoms with E-state index < -0.39 is 10.0 Å². The molecular weight excluding hydrogens is 460 g/mol. The van der Waals surface area contributed by atoms with Crippen molar-refractivity contribution in [2.75, 3.05) is 40.0 Å². The highest BCUT2D eigenvalue weighted by Crippen LogP contribution is 2.25. The Morgan fingerprint density at radius 3 is 2.76 bits per heavy atom. The summed E-state index contributed by atoms with van der Waals surface area (Å²) in [5.41, 5.74) is 1.32. The molecule has 0 radical (unpaired) electrons. The SMILES string of the molecule is COCCNS(=O)(=O)c1cccc(C(=O)N2CCOC(c3ccc(Br)cc3)C2)c1. The third-order valence-electron chi connectivity index (χ3n) is 4.59. The van der Waals surface area contributed by atoms with Gasteiger partial charge in [-0.2, -0.15) is 0 Å². The minimum absolute atomic E-state index is 0.0529. The highest BCUT2D eigenvalue weighted by molar-refractivity contribution is 9.10. The van der Waals surface area contributed by atoms with Crippen LogP contribution in [0.2, 0.25) is 0 Å². The number of benzene rings is 2. The summed E-state index contributed by atoms with van der Waals surface area (Å²) in [6.45, 7) is 1.71. The van der Waals surface area contributed by atoms with Gasteiger partial charge in [0.05, 0.1) is 24.7 Å². The number of ether oxygens (including phenoxy) is 2. The Labute approximate surface area is 179 Å². The van der Waals surface area contributed by atoms with Crippen LogP contribution in [0.4, 0.5) is 0 Å². The summed E-state index contributed by atoms with van der Waals surface area (Å²) < 4.78 is 38.9. The lowest BCUT2D eigenvalue weighted by Crippen LogP contribution is -2.42. The van der Waals surface area contributed by atoms with E-state index in [0.717, 1.165) is 10.0 Å². The average Bonchev–Trinajstić information content (AvgIpc) is 2.74. The van der Waals surface area contributed by atoms with E-state index in [9.17, 15) is 13.2 Å². The van der Waals surface area contributed by atoms with E-state index in [1.165, 1.54) is 19.2 Å². The largest absolute Gasteiger partial charge is 0.383 e. The fourth-order valence-corrected chi connectivity index (χ4v) is 4.38. The molecule has 1 amide bonds. The summed E-state index contributed by atoms with van der Waals surface area (Å²) in [4.78, 5) is 14.7. The summed E-state index contributed by atoms with van der Waals surface area (Å²) >= 11 is 3.41. The number of hydrogen-bond donors (Lipinski definition) is 1. The van der Waals surface area contributed by atoms with Crippen molar-refractivity contribution in [3.63, 3.8) is 0 Å². The van der Waals surface area contributed by atoms with Gasteiger partial charge in [0, 0.05) is 30.2 Å². The number of carbonyl (C=O) groups excluding carboxylic acids is 1. The Kier molecular flexibility index (Phi) is 7.42. The van der Waals surface area contributed by atoms with E-state index in [0.29, 0.717) is 25.3 Å². The molecule has 1 atom stereocenters. The van der Waals surface area contributed by atoms with E-state index >= 15 is 0 Å². The quantitative estimate of drug-likeness (QED) is 0.613. The van der Waals surface area contributed by atoms with Crippen LogP contribution in [0.3, 0.4) is 0 Å². The average molecular weight is 483 g/mol. The zero-order valence-corrected chi connectivity index (χ0v) is 18.4. The lowest BCUT2D eigenvalue weighted by atomic mass is 10.1. The van der Waals surface area contributed by atoms with Crippen LogP contribution in [-0.4, -0.2) is 59.2 Å². The Hall–Kier alpha value is -1.78. The lowest BCUT2D eigenvalue weighted by molar-refractivity contribution is -0.0228. The molecule has 2 aromatic rings. The molecule has 1 fully saturated rings. The molecule has 0 aliphatic carbocycles. The van der Waals surface area contributed by atoms with Crippen molar-refractivity contribution in [1.82, 2.24) is 9.62 Å². The topological polar surface area (TPSA) is 84.9 Å². The summed E-state index contributed by atoms with van der Waals surface area (Å²) in [7, 11) is -2.21. The Bertz CT molecular complexity index is 950. The van der Waals surface area contributed by atoms with Gasteiger partial charge in [0.25, 0.3) is 5.91 Å². The molecule has 1 N–H and O–H groups in total. The van der Waals surface area contributed by atoms with Crippen molar-refractivity contribution in [2.24, 2.45) is 0 Å². The van der Waals surface area contributed by atoms with Crippen LogP contribution in [-0.2, 0) is 19.5 Å². The summed E-state index contributed by atoms with van der Waals surface area (Å²) in [5, 5.41) is 0. The second kappa shape index (κ2) is 9.82. The van der Waals surface area contributed by atoms with Gasteiger partial charge < -0.3 is 14.4 Å². The zero-order valence-electron chi connectivity index (χ0n) is 16.0. The first-order valence-electron chi connectivity index (χ1n) is 9.16. The predicted octanol–water partition coefficient (Wildman–Crippen LogP) is 2.59. The van der Waals surface area contributed by atoms with Crippen molar-refractivity contribution in [2.45, 2.75) is 11.0 Å². The second-order valence-electron chi connectivity index (χ2n) is 6.58. The molecule has 2 aromatic carbocycles. The maximum Gasteiger partial charge on any atom is 0.254 e. The summed E-state index contributed by atoms with van der Waals surface area (Å²) in [5.74, 6) is -0.218. The maximum atomic E-state index is 13.0.